The summed E-state index contributed by atoms with van der Waals surface area (Å²) in [6, 6.07) is 3.67. The molecule has 0 saturated heterocycles. The number of nitrogens with zero attached hydrogens (tertiary/aromatic N) is 2. The van der Waals surface area contributed by atoms with Crippen molar-refractivity contribution < 1.29 is 27.4 Å². The van der Waals surface area contributed by atoms with Crippen LogP contribution in [0.1, 0.15) is 23.2 Å². The summed E-state index contributed by atoms with van der Waals surface area (Å²) in [6.45, 7) is 3.17. The summed E-state index contributed by atoms with van der Waals surface area (Å²) in [5.41, 5.74) is 0.0215. The van der Waals surface area contributed by atoms with Gasteiger partial charge in [0.25, 0.3) is 0 Å². The molecular weight excluding hydrogens is 421 g/mol. The highest BCUT2D eigenvalue weighted by molar-refractivity contribution is 7.09. The molecule has 2 aromatic rings. The van der Waals surface area contributed by atoms with Crippen LogP contribution in [0.2, 0.25) is 0 Å². The lowest BCUT2D eigenvalue weighted by Gasteiger charge is -2.16. The van der Waals surface area contributed by atoms with Crippen LogP contribution in [-0.2, 0) is 19.1 Å². The molecule has 0 amide bonds. The van der Waals surface area contributed by atoms with Gasteiger partial charge in [-0.25, -0.2) is 4.98 Å². The number of hydrogen-bond acceptors (Lipinski definition) is 6. The molecule has 0 aliphatic carbocycles. The minimum Gasteiger partial charge on any atom is -0.493 e. The first-order valence-electron chi connectivity index (χ1n) is 9.16. The molecule has 0 fully saturated rings. The van der Waals surface area contributed by atoms with Crippen LogP contribution in [0, 0.1) is 0 Å². The Hall–Kier alpha value is -2.69. The van der Waals surface area contributed by atoms with E-state index in [9.17, 15) is 13.2 Å². The summed E-state index contributed by atoms with van der Waals surface area (Å²) >= 11 is 0.988. The Kier molecular flexibility index (Phi) is 8.58. The molecule has 30 heavy (non-hydrogen) atoms. The van der Waals surface area contributed by atoms with Gasteiger partial charge in [0.05, 0.1) is 25.8 Å². The van der Waals surface area contributed by atoms with Crippen molar-refractivity contribution in [2.45, 2.75) is 26.1 Å². The molecule has 2 N–H and O–H groups in total. The summed E-state index contributed by atoms with van der Waals surface area (Å²) in [4.78, 5) is 7.73. The number of ether oxygens (including phenoxy) is 3. The highest BCUT2D eigenvalue weighted by Crippen LogP contribution is 2.38. The van der Waals surface area contributed by atoms with Gasteiger partial charge >= 0.3 is 6.18 Å². The number of rotatable bonds is 9. The molecule has 7 nitrogen and oxygen atoms in total. The molecule has 11 heteroatoms. The minimum atomic E-state index is -4.42. The van der Waals surface area contributed by atoms with Crippen LogP contribution in [0.15, 0.2) is 22.5 Å². The largest absolute Gasteiger partial charge is 0.493 e. The first-order chi connectivity index (χ1) is 14.3. The van der Waals surface area contributed by atoms with Crippen molar-refractivity contribution in [2.75, 3.05) is 34.4 Å². The predicted octanol–water partition coefficient (Wildman–Crippen LogP) is 3.49. The summed E-state index contributed by atoms with van der Waals surface area (Å²) in [5.74, 6) is 2.16. The normalized spacial score (nSPS) is 11.9. The van der Waals surface area contributed by atoms with Crippen LogP contribution in [0.4, 0.5) is 13.2 Å². The third-order valence-corrected chi connectivity index (χ3v) is 4.87. The van der Waals surface area contributed by atoms with E-state index in [2.05, 4.69) is 20.6 Å². The van der Waals surface area contributed by atoms with Gasteiger partial charge in [-0.3, -0.25) is 4.99 Å². The van der Waals surface area contributed by atoms with Crippen molar-refractivity contribution >= 4 is 17.3 Å². The Labute approximate surface area is 177 Å². The molecule has 0 spiro atoms. The number of aliphatic imine (C=N–C) groups is 1. The fraction of sp³-hybridized carbons (Fsp3) is 0.474. The monoisotopic (exact) mass is 446 g/mol. The number of guanidine groups is 1. The molecule has 2 rings (SSSR count). The van der Waals surface area contributed by atoms with Gasteiger partial charge in [-0.05, 0) is 24.6 Å². The number of benzene rings is 1. The van der Waals surface area contributed by atoms with Crippen molar-refractivity contribution in [2.24, 2.45) is 4.99 Å². The lowest BCUT2D eigenvalue weighted by molar-refractivity contribution is -0.140. The molecule has 0 bridgehead atoms. The second-order valence-corrected chi connectivity index (χ2v) is 6.93. The van der Waals surface area contributed by atoms with E-state index < -0.39 is 11.9 Å². The Morgan fingerprint density at radius 1 is 1.17 bits per heavy atom. The van der Waals surface area contributed by atoms with Gasteiger partial charge in [0.1, 0.15) is 0 Å². The SMILES string of the molecule is CCOc1c(OC)cc(CNC(=NC)NCCc2nc(C(F)(F)F)cs2)cc1OC. The molecule has 0 unspecified atom stereocenters. The predicted molar refractivity (Wildman–Crippen MR) is 110 cm³/mol. The van der Waals surface area contributed by atoms with E-state index >= 15 is 0 Å². The van der Waals surface area contributed by atoms with Crippen molar-refractivity contribution in [3.8, 4) is 17.2 Å². The summed E-state index contributed by atoms with van der Waals surface area (Å²) in [5, 5.41) is 7.64. The van der Waals surface area contributed by atoms with E-state index in [1.54, 1.807) is 21.3 Å². The Morgan fingerprint density at radius 3 is 2.33 bits per heavy atom. The van der Waals surface area contributed by atoms with Crippen molar-refractivity contribution in [1.29, 1.82) is 0 Å². The van der Waals surface area contributed by atoms with E-state index in [-0.39, 0.29) is 0 Å². The molecule has 0 atom stereocenters. The van der Waals surface area contributed by atoms with E-state index in [1.807, 2.05) is 19.1 Å². The summed E-state index contributed by atoms with van der Waals surface area (Å²) in [6.07, 6.45) is -4.06. The average Bonchev–Trinajstić information content (AvgIpc) is 3.20. The van der Waals surface area contributed by atoms with Gasteiger partial charge < -0.3 is 24.8 Å². The smallest absolute Gasteiger partial charge is 0.434 e. The van der Waals surface area contributed by atoms with E-state index in [4.69, 9.17) is 14.2 Å². The molecular formula is C19H25F3N4O3S. The number of hydrogen-bond donors (Lipinski definition) is 2. The van der Waals surface area contributed by atoms with Crippen LogP contribution < -0.4 is 24.8 Å². The van der Waals surface area contributed by atoms with E-state index in [0.717, 1.165) is 22.3 Å². The fourth-order valence-electron chi connectivity index (χ4n) is 2.57. The molecule has 0 aliphatic heterocycles. The Balaban J connectivity index is 1.93. The van der Waals surface area contributed by atoms with Crippen molar-refractivity contribution in [3.63, 3.8) is 0 Å². The topological polar surface area (TPSA) is 77.0 Å². The fourth-order valence-corrected chi connectivity index (χ4v) is 3.38. The van der Waals surface area contributed by atoms with Gasteiger partial charge in [-0.2, -0.15) is 13.2 Å². The van der Waals surface area contributed by atoms with Gasteiger partial charge in [0, 0.05) is 31.9 Å². The minimum absolute atomic E-state index is 0.353. The van der Waals surface area contributed by atoms with E-state index in [1.165, 1.54) is 0 Å². The second-order valence-electron chi connectivity index (χ2n) is 5.99. The second kappa shape index (κ2) is 10.9. The van der Waals surface area contributed by atoms with Gasteiger partial charge in [0.2, 0.25) is 5.75 Å². The van der Waals surface area contributed by atoms with Crippen molar-refractivity contribution in [1.82, 2.24) is 15.6 Å². The lowest BCUT2D eigenvalue weighted by atomic mass is 10.2. The third kappa shape index (κ3) is 6.41. The maximum atomic E-state index is 12.6. The highest BCUT2D eigenvalue weighted by Gasteiger charge is 2.33. The number of aromatic nitrogens is 1. The maximum Gasteiger partial charge on any atom is 0.434 e. The zero-order chi connectivity index (χ0) is 22.1. The van der Waals surface area contributed by atoms with Crippen molar-refractivity contribution in [3.05, 3.63) is 33.8 Å². The van der Waals surface area contributed by atoms with Crippen LogP contribution in [0.5, 0.6) is 17.2 Å². The number of nitrogens with one attached hydrogen (secondary N) is 2. The van der Waals surface area contributed by atoms with Gasteiger partial charge in [0.15, 0.2) is 23.2 Å². The average molecular weight is 446 g/mol. The molecule has 1 aromatic heterocycles. The molecule has 0 aliphatic rings. The van der Waals surface area contributed by atoms with Crippen LogP contribution in [-0.4, -0.2) is 45.4 Å². The first-order valence-corrected chi connectivity index (χ1v) is 10.0. The molecule has 1 heterocycles. The first kappa shape index (κ1) is 23.6. The lowest BCUT2D eigenvalue weighted by Crippen LogP contribution is -2.37. The standard InChI is InChI=1S/C19H25F3N4O3S/c1-5-29-17-13(27-3)8-12(9-14(17)28-4)10-25-18(23-2)24-7-6-16-26-15(11-30-16)19(20,21)22/h8-9,11H,5-7,10H2,1-4H3,(H2,23,24,25). The quantitative estimate of drug-likeness (QED) is 0.454. The zero-order valence-electron chi connectivity index (χ0n) is 17.2. The zero-order valence-corrected chi connectivity index (χ0v) is 18.0. The molecule has 166 valence electrons. The maximum absolute atomic E-state index is 12.6. The highest BCUT2D eigenvalue weighted by atomic mass is 32.1. The summed E-state index contributed by atoms with van der Waals surface area (Å²) < 4.78 is 54.2. The molecule has 1 aromatic carbocycles. The third-order valence-electron chi connectivity index (χ3n) is 3.97. The summed E-state index contributed by atoms with van der Waals surface area (Å²) in [7, 11) is 4.72. The molecule has 0 saturated carbocycles. The number of thiazole rings is 1. The number of halogens is 3. The van der Waals surface area contributed by atoms with Crippen LogP contribution >= 0.6 is 11.3 Å². The van der Waals surface area contributed by atoms with Gasteiger partial charge in [-0.15, -0.1) is 11.3 Å². The number of methoxy groups -OCH3 is 2. The molecule has 0 radical (unpaired) electrons. The Bertz CT molecular complexity index is 831. The Morgan fingerprint density at radius 2 is 1.83 bits per heavy atom. The van der Waals surface area contributed by atoms with Gasteiger partial charge in [-0.1, -0.05) is 0 Å². The van der Waals surface area contributed by atoms with Crippen LogP contribution in [0.25, 0.3) is 0 Å². The van der Waals surface area contributed by atoms with E-state index in [0.29, 0.717) is 54.3 Å². The number of alkyl halides is 3. The van der Waals surface area contributed by atoms with Crippen LogP contribution in [0.3, 0.4) is 0 Å².